The predicted molar refractivity (Wildman–Crippen MR) is 85.9 cm³/mol. The van der Waals surface area contributed by atoms with E-state index in [0.29, 0.717) is 11.2 Å². The summed E-state index contributed by atoms with van der Waals surface area (Å²) in [6.45, 7) is 5.02. The molecule has 4 aliphatic rings. The number of fused-ring (bicyclic) bond motifs is 4. The van der Waals surface area contributed by atoms with Crippen LogP contribution in [0.5, 0.6) is 0 Å². The molecule has 4 rings (SSSR count). The zero-order valence-corrected chi connectivity index (χ0v) is 13.8. The Morgan fingerprint density at radius 2 is 1.95 bits per heavy atom. The molecule has 0 amide bonds. The van der Waals surface area contributed by atoms with Crippen molar-refractivity contribution < 1.29 is 4.79 Å². The molecule has 21 heavy (non-hydrogen) atoms. The van der Waals surface area contributed by atoms with Gasteiger partial charge in [-0.15, -0.1) is 0 Å². The second-order valence-electron chi connectivity index (χ2n) is 8.49. The van der Waals surface area contributed by atoms with Crippen LogP contribution in [0, 0.1) is 29.1 Å². The highest BCUT2D eigenvalue weighted by Gasteiger charge is 2.54. The molecule has 0 saturated heterocycles. The fourth-order valence-electron chi connectivity index (χ4n) is 6.83. The zero-order valence-electron chi connectivity index (χ0n) is 13.8. The van der Waals surface area contributed by atoms with Crippen molar-refractivity contribution in [3.8, 4) is 0 Å². The van der Waals surface area contributed by atoms with E-state index in [1.54, 1.807) is 11.1 Å². The fourth-order valence-corrected chi connectivity index (χ4v) is 6.83. The first kappa shape index (κ1) is 14.0. The van der Waals surface area contributed by atoms with Gasteiger partial charge in [0.05, 0.1) is 0 Å². The van der Waals surface area contributed by atoms with Crippen molar-refractivity contribution >= 4 is 5.78 Å². The van der Waals surface area contributed by atoms with E-state index in [1.807, 2.05) is 0 Å². The van der Waals surface area contributed by atoms with Gasteiger partial charge in [0, 0.05) is 12.8 Å². The Balaban J connectivity index is 1.63. The van der Waals surface area contributed by atoms with Gasteiger partial charge in [-0.3, -0.25) is 4.79 Å². The Labute approximate surface area is 129 Å². The highest BCUT2D eigenvalue weighted by atomic mass is 16.1. The van der Waals surface area contributed by atoms with E-state index >= 15 is 0 Å². The summed E-state index contributed by atoms with van der Waals surface area (Å²) >= 11 is 0. The second-order valence-corrected chi connectivity index (χ2v) is 8.49. The lowest BCUT2D eigenvalue weighted by Gasteiger charge is -2.52. The summed E-state index contributed by atoms with van der Waals surface area (Å²) in [7, 11) is 0. The SMILES string of the molecule is CCC1CCC2C3CCC4=C(CCC(=O)C4)C3CCC12C. The molecule has 0 heterocycles. The Bertz CT molecular complexity index is 488. The quantitative estimate of drug-likeness (QED) is 0.598. The Morgan fingerprint density at radius 3 is 2.76 bits per heavy atom. The third-order valence-electron chi connectivity index (χ3n) is 7.89. The molecule has 0 N–H and O–H groups in total. The van der Waals surface area contributed by atoms with E-state index in [9.17, 15) is 4.79 Å². The van der Waals surface area contributed by atoms with E-state index in [1.165, 1.54) is 44.9 Å². The van der Waals surface area contributed by atoms with Crippen molar-refractivity contribution in [2.75, 3.05) is 0 Å². The number of ketones is 1. The maximum Gasteiger partial charge on any atom is 0.137 e. The molecule has 2 saturated carbocycles. The zero-order chi connectivity index (χ0) is 14.6. The summed E-state index contributed by atoms with van der Waals surface area (Å²) < 4.78 is 0. The average Bonchev–Trinajstić information content (AvgIpc) is 2.83. The molecule has 116 valence electrons. The van der Waals surface area contributed by atoms with Crippen molar-refractivity contribution in [2.24, 2.45) is 29.1 Å². The molecular weight excluding hydrogens is 256 g/mol. The van der Waals surface area contributed by atoms with Crippen LogP contribution in [-0.4, -0.2) is 5.78 Å². The van der Waals surface area contributed by atoms with Gasteiger partial charge in [-0.25, -0.2) is 0 Å². The molecule has 0 aromatic heterocycles. The third-order valence-corrected chi connectivity index (χ3v) is 7.89. The summed E-state index contributed by atoms with van der Waals surface area (Å²) in [5.74, 6) is 4.27. The van der Waals surface area contributed by atoms with Gasteiger partial charge in [0.15, 0.2) is 0 Å². The van der Waals surface area contributed by atoms with Crippen molar-refractivity contribution in [3.05, 3.63) is 11.1 Å². The summed E-state index contributed by atoms with van der Waals surface area (Å²) in [5.41, 5.74) is 3.97. The van der Waals surface area contributed by atoms with Crippen LogP contribution in [0.15, 0.2) is 11.1 Å². The van der Waals surface area contributed by atoms with Crippen molar-refractivity contribution in [1.29, 1.82) is 0 Å². The number of carbonyl (C=O) groups is 1. The van der Waals surface area contributed by atoms with E-state index in [-0.39, 0.29) is 0 Å². The highest BCUT2D eigenvalue weighted by Crippen LogP contribution is 2.63. The Kier molecular flexibility index (Phi) is 3.32. The van der Waals surface area contributed by atoms with Gasteiger partial charge in [-0.2, -0.15) is 0 Å². The lowest BCUT2D eigenvalue weighted by atomic mass is 9.53. The lowest BCUT2D eigenvalue weighted by Crippen LogP contribution is -2.43. The van der Waals surface area contributed by atoms with E-state index in [0.717, 1.165) is 42.9 Å². The van der Waals surface area contributed by atoms with E-state index < -0.39 is 0 Å². The Hall–Kier alpha value is -0.590. The Morgan fingerprint density at radius 1 is 1.10 bits per heavy atom. The number of carbonyl (C=O) groups excluding carboxylic acids is 1. The van der Waals surface area contributed by atoms with Gasteiger partial charge in [-0.1, -0.05) is 31.4 Å². The van der Waals surface area contributed by atoms with E-state index in [4.69, 9.17) is 0 Å². The van der Waals surface area contributed by atoms with Crippen LogP contribution in [0.2, 0.25) is 0 Å². The smallest absolute Gasteiger partial charge is 0.137 e. The number of allylic oxidation sites excluding steroid dienone is 2. The minimum atomic E-state index is 0.500. The molecule has 0 aromatic rings. The maximum atomic E-state index is 11.8. The topological polar surface area (TPSA) is 17.1 Å². The van der Waals surface area contributed by atoms with Gasteiger partial charge in [0.25, 0.3) is 0 Å². The van der Waals surface area contributed by atoms with Crippen molar-refractivity contribution in [2.45, 2.75) is 78.1 Å². The third kappa shape index (κ3) is 1.99. The van der Waals surface area contributed by atoms with E-state index in [2.05, 4.69) is 13.8 Å². The largest absolute Gasteiger partial charge is 0.299 e. The molecule has 1 heteroatoms. The molecule has 5 unspecified atom stereocenters. The number of rotatable bonds is 1. The molecular formula is C20H30O. The normalized spacial score (nSPS) is 46.1. The average molecular weight is 286 g/mol. The highest BCUT2D eigenvalue weighted by molar-refractivity contribution is 5.82. The number of Topliss-reactive ketones (excluding diaryl/α,β-unsaturated/α-hetero) is 1. The minimum Gasteiger partial charge on any atom is -0.299 e. The molecule has 2 fully saturated rings. The summed E-state index contributed by atoms with van der Waals surface area (Å²) in [6, 6.07) is 0. The summed E-state index contributed by atoms with van der Waals surface area (Å²) in [5, 5.41) is 0. The molecule has 1 nitrogen and oxygen atoms in total. The van der Waals surface area contributed by atoms with Crippen LogP contribution in [-0.2, 0) is 4.79 Å². The first-order valence-corrected chi connectivity index (χ1v) is 9.36. The molecule has 0 bridgehead atoms. The van der Waals surface area contributed by atoms with Crippen LogP contribution in [0.4, 0.5) is 0 Å². The van der Waals surface area contributed by atoms with Crippen LogP contribution in [0.3, 0.4) is 0 Å². The van der Waals surface area contributed by atoms with Gasteiger partial charge in [0.1, 0.15) is 5.78 Å². The second kappa shape index (κ2) is 4.96. The van der Waals surface area contributed by atoms with Gasteiger partial charge in [0.2, 0.25) is 0 Å². The van der Waals surface area contributed by atoms with Gasteiger partial charge >= 0.3 is 0 Å². The monoisotopic (exact) mass is 286 g/mol. The first-order chi connectivity index (χ1) is 10.1. The molecule has 0 radical (unpaired) electrons. The van der Waals surface area contributed by atoms with Crippen LogP contribution in [0.1, 0.15) is 78.1 Å². The maximum absolute atomic E-state index is 11.8. The predicted octanol–water partition coefficient (Wildman–Crippen LogP) is 5.30. The van der Waals surface area contributed by atoms with Crippen LogP contribution >= 0.6 is 0 Å². The minimum absolute atomic E-state index is 0.500. The summed E-state index contributed by atoms with van der Waals surface area (Å²) in [4.78, 5) is 11.8. The number of hydrogen-bond acceptors (Lipinski definition) is 1. The first-order valence-electron chi connectivity index (χ1n) is 9.36. The van der Waals surface area contributed by atoms with Crippen LogP contribution < -0.4 is 0 Å². The fraction of sp³-hybridized carbons (Fsp3) is 0.850. The molecule has 5 atom stereocenters. The standard InChI is InChI=1S/C20H30O/c1-3-14-5-9-19-18-7-4-13-12-15(21)6-8-16(13)17(18)10-11-20(14,19)2/h14,17-19H,3-12H2,1-2H3. The molecule has 0 aromatic carbocycles. The molecule has 4 aliphatic carbocycles. The van der Waals surface area contributed by atoms with Crippen molar-refractivity contribution in [1.82, 2.24) is 0 Å². The summed E-state index contributed by atoms with van der Waals surface area (Å²) in [6.07, 6.45) is 12.6. The van der Waals surface area contributed by atoms with Gasteiger partial charge in [-0.05, 0) is 74.0 Å². The van der Waals surface area contributed by atoms with Crippen LogP contribution in [0.25, 0.3) is 0 Å². The number of hydrogen-bond donors (Lipinski definition) is 0. The molecule has 0 aliphatic heterocycles. The van der Waals surface area contributed by atoms with Crippen molar-refractivity contribution in [3.63, 3.8) is 0 Å². The lowest BCUT2D eigenvalue weighted by molar-refractivity contribution is -0.119. The van der Waals surface area contributed by atoms with Gasteiger partial charge < -0.3 is 0 Å². The molecule has 0 spiro atoms.